The van der Waals surface area contributed by atoms with E-state index in [1.165, 1.54) is 59.1 Å². The summed E-state index contributed by atoms with van der Waals surface area (Å²) in [7, 11) is 3.10. The number of nitrogens with zero attached hydrogens (tertiary/aromatic N) is 3. The molecule has 1 fully saturated rings. The number of amides is 1. The summed E-state index contributed by atoms with van der Waals surface area (Å²) in [6, 6.07) is 14.1. The van der Waals surface area contributed by atoms with Gasteiger partial charge in [-0.25, -0.2) is 13.5 Å². The molecule has 0 spiro atoms. The fraction of sp³-hybridized carbons (Fsp3) is 0.333. The molecule has 1 saturated carbocycles. The normalized spacial score (nSPS) is 12.7. The first kappa shape index (κ1) is 42.7. The van der Waals surface area contributed by atoms with Crippen LogP contribution in [0.4, 0.5) is 14.5 Å². The molecule has 2 heterocycles. The molecule has 14 heteroatoms. The number of esters is 1. The lowest BCUT2D eigenvalue weighted by molar-refractivity contribution is -0.158. The van der Waals surface area contributed by atoms with E-state index in [-0.39, 0.29) is 30.2 Å². The minimum absolute atomic E-state index is 0.0982. The minimum atomic E-state index is -0.769. The number of rotatable bonds is 12. The number of halogens is 2. The molecule has 1 aliphatic carbocycles. The third-order valence-electron chi connectivity index (χ3n) is 9.08. The molecule has 5 aromatic rings. The molecule has 6 rings (SSSR count). The van der Waals surface area contributed by atoms with E-state index in [1.54, 1.807) is 38.2 Å². The van der Waals surface area contributed by atoms with Gasteiger partial charge in [0.2, 0.25) is 0 Å². The Kier molecular flexibility index (Phi) is 14.9. The zero-order valence-corrected chi connectivity index (χ0v) is 32.6. The Morgan fingerprint density at radius 3 is 2.30 bits per heavy atom. The SMILES string of the molecule is C=CC.CC.COc1cc2c(Oc3ccc(NC(=O)c4c(C)n(C)n(-c5ccc(F)cc5)c4=O)cc3F)ccnc2cc1OCCC1(OC(=O)CN)CCCC1. The molecule has 56 heavy (non-hydrogen) atoms. The quantitative estimate of drug-likeness (QED) is 0.0946. The average molecular weight is 774 g/mol. The summed E-state index contributed by atoms with van der Waals surface area (Å²) in [6.45, 7) is 10.9. The van der Waals surface area contributed by atoms with Crippen molar-refractivity contribution in [1.82, 2.24) is 14.3 Å². The maximum atomic E-state index is 15.4. The number of nitrogens with one attached hydrogen (secondary N) is 1. The Morgan fingerprint density at radius 1 is 1.00 bits per heavy atom. The number of methoxy groups -OCH3 is 1. The maximum absolute atomic E-state index is 15.4. The number of fused-ring (bicyclic) bond motifs is 1. The predicted molar refractivity (Wildman–Crippen MR) is 212 cm³/mol. The van der Waals surface area contributed by atoms with E-state index in [4.69, 9.17) is 24.7 Å². The second-order valence-electron chi connectivity index (χ2n) is 12.7. The summed E-state index contributed by atoms with van der Waals surface area (Å²) in [5.41, 5.74) is 5.46. The highest BCUT2D eigenvalue weighted by atomic mass is 19.1. The summed E-state index contributed by atoms with van der Waals surface area (Å²) in [5, 5.41) is 3.11. The minimum Gasteiger partial charge on any atom is -0.493 e. The van der Waals surface area contributed by atoms with Crippen molar-refractivity contribution in [2.45, 2.75) is 65.4 Å². The number of carbonyl (C=O) groups is 2. The number of hydrogen-bond acceptors (Lipinski definition) is 9. The molecule has 2 aromatic heterocycles. The van der Waals surface area contributed by atoms with Gasteiger partial charge < -0.3 is 30.0 Å². The largest absolute Gasteiger partial charge is 0.493 e. The molecular weight excluding hydrogens is 724 g/mol. The maximum Gasteiger partial charge on any atom is 0.320 e. The topological polar surface area (TPSA) is 149 Å². The Hall–Kier alpha value is -6.02. The van der Waals surface area contributed by atoms with E-state index in [9.17, 15) is 18.8 Å². The third-order valence-corrected chi connectivity index (χ3v) is 9.08. The fourth-order valence-electron chi connectivity index (χ4n) is 6.36. The van der Waals surface area contributed by atoms with E-state index in [0.29, 0.717) is 46.0 Å². The number of aromatic nitrogens is 3. The van der Waals surface area contributed by atoms with Gasteiger partial charge in [-0.15, -0.1) is 6.58 Å². The first-order valence-electron chi connectivity index (χ1n) is 18.4. The van der Waals surface area contributed by atoms with Crippen molar-refractivity contribution in [3.05, 3.63) is 113 Å². The monoisotopic (exact) mass is 773 g/mol. The van der Waals surface area contributed by atoms with Crippen molar-refractivity contribution in [2.75, 3.05) is 25.6 Å². The van der Waals surface area contributed by atoms with Gasteiger partial charge >= 0.3 is 5.97 Å². The number of benzene rings is 3. The van der Waals surface area contributed by atoms with E-state index < -0.39 is 34.7 Å². The van der Waals surface area contributed by atoms with Crippen LogP contribution in [0.1, 0.15) is 68.9 Å². The highest BCUT2D eigenvalue weighted by Crippen LogP contribution is 2.40. The second kappa shape index (κ2) is 19.5. The molecule has 1 amide bonds. The van der Waals surface area contributed by atoms with Gasteiger partial charge in [-0.05, 0) is 88.1 Å². The van der Waals surface area contributed by atoms with Crippen LogP contribution in [0.25, 0.3) is 16.6 Å². The van der Waals surface area contributed by atoms with Crippen LogP contribution >= 0.6 is 0 Å². The molecule has 0 bridgehead atoms. The molecule has 3 aromatic carbocycles. The van der Waals surface area contributed by atoms with Crippen LogP contribution in [0, 0.1) is 18.6 Å². The molecule has 298 valence electrons. The van der Waals surface area contributed by atoms with Crippen LogP contribution in [-0.2, 0) is 16.6 Å². The van der Waals surface area contributed by atoms with Crippen molar-refractivity contribution in [2.24, 2.45) is 12.8 Å². The molecule has 0 saturated heterocycles. The molecule has 12 nitrogen and oxygen atoms in total. The number of allylic oxidation sites excluding steroid dienone is 1. The van der Waals surface area contributed by atoms with E-state index in [1.807, 2.05) is 20.8 Å². The molecular formula is C42H49F2N5O7. The highest BCUT2D eigenvalue weighted by molar-refractivity contribution is 6.05. The van der Waals surface area contributed by atoms with Crippen LogP contribution in [0.2, 0.25) is 0 Å². The van der Waals surface area contributed by atoms with Gasteiger partial charge in [-0.2, -0.15) is 0 Å². The summed E-state index contributed by atoms with van der Waals surface area (Å²) in [6.07, 6.45) is 7.16. The van der Waals surface area contributed by atoms with Gasteiger partial charge in [-0.3, -0.25) is 24.0 Å². The Bertz CT molecular complexity index is 2210. The van der Waals surface area contributed by atoms with Crippen LogP contribution in [-0.4, -0.2) is 52.1 Å². The fourth-order valence-corrected chi connectivity index (χ4v) is 6.36. The van der Waals surface area contributed by atoms with Gasteiger partial charge in [-0.1, -0.05) is 19.9 Å². The highest BCUT2D eigenvalue weighted by Gasteiger charge is 2.37. The predicted octanol–water partition coefficient (Wildman–Crippen LogP) is 8.17. The lowest BCUT2D eigenvalue weighted by Crippen LogP contribution is -2.36. The van der Waals surface area contributed by atoms with Crippen molar-refractivity contribution in [3.63, 3.8) is 0 Å². The summed E-state index contributed by atoms with van der Waals surface area (Å²) < 4.78 is 54.9. The van der Waals surface area contributed by atoms with Crippen LogP contribution < -0.4 is 30.8 Å². The Morgan fingerprint density at radius 2 is 1.68 bits per heavy atom. The molecule has 0 aliphatic heterocycles. The zero-order valence-electron chi connectivity index (χ0n) is 32.6. The molecule has 0 unspecified atom stereocenters. The van der Waals surface area contributed by atoms with Crippen molar-refractivity contribution in [1.29, 1.82) is 0 Å². The van der Waals surface area contributed by atoms with Gasteiger partial charge in [0, 0.05) is 42.9 Å². The number of anilines is 1. The number of nitrogens with two attached hydrogens (primary N) is 1. The second-order valence-corrected chi connectivity index (χ2v) is 12.7. The summed E-state index contributed by atoms with van der Waals surface area (Å²) in [5.74, 6) is -1.41. The third kappa shape index (κ3) is 9.79. The van der Waals surface area contributed by atoms with Gasteiger partial charge in [0.05, 0.1) is 37.2 Å². The number of carbonyl (C=O) groups excluding carboxylic acids is 2. The lowest BCUT2D eigenvalue weighted by atomic mass is 9.98. The van der Waals surface area contributed by atoms with Crippen LogP contribution in [0.5, 0.6) is 23.0 Å². The lowest BCUT2D eigenvalue weighted by Gasteiger charge is -2.29. The van der Waals surface area contributed by atoms with Crippen molar-refractivity contribution in [3.8, 4) is 28.7 Å². The van der Waals surface area contributed by atoms with Crippen molar-refractivity contribution < 1.29 is 37.3 Å². The Balaban J connectivity index is 0.00000133. The van der Waals surface area contributed by atoms with Gasteiger partial charge in [0.1, 0.15) is 22.7 Å². The molecule has 0 radical (unpaired) electrons. The average Bonchev–Trinajstić information content (AvgIpc) is 3.74. The van der Waals surface area contributed by atoms with E-state index in [2.05, 4.69) is 16.9 Å². The molecule has 1 aliphatic rings. The standard InChI is InChI=1S/C37H37F2N5O7.C3H6.C2H6/c1-22-34(36(47)44(43(22)2)25-9-6-23(38)7-10-25)35(46)42-24-8-11-30(27(39)18-24)50-29-12-16-41-28-20-32(31(48-3)19-26(28)29)49-17-15-37(13-4-5-14-37)51-33(45)21-40;1-3-2;1-2/h6-12,16,18-20H,4-5,13-15,17,21,40H2,1-3H3,(H,42,46);3H,1H2,2H3;1-2H3. The summed E-state index contributed by atoms with van der Waals surface area (Å²) >= 11 is 0. The van der Waals surface area contributed by atoms with Crippen molar-refractivity contribution >= 4 is 28.5 Å². The van der Waals surface area contributed by atoms with E-state index in [0.717, 1.165) is 31.7 Å². The Labute approximate surface area is 324 Å². The molecule has 0 atom stereocenters. The van der Waals surface area contributed by atoms with Gasteiger partial charge in [0.25, 0.3) is 11.5 Å². The summed E-state index contributed by atoms with van der Waals surface area (Å²) in [4.78, 5) is 42.8. The first-order valence-corrected chi connectivity index (χ1v) is 18.4. The number of pyridine rings is 1. The van der Waals surface area contributed by atoms with Gasteiger partial charge in [0.15, 0.2) is 23.1 Å². The first-order chi connectivity index (χ1) is 26.9. The number of ether oxygens (including phenoxy) is 4. The number of hydrogen-bond donors (Lipinski definition) is 2. The van der Waals surface area contributed by atoms with Crippen LogP contribution in [0.15, 0.2) is 84.3 Å². The smallest absolute Gasteiger partial charge is 0.320 e. The zero-order chi connectivity index (χ0) is 41.0. The van der Waals surface area contributed by atoms with E-state index >= 15 is 4.39 Å². The molecule has 3 N–H and O–H groups in total. The van der Waals surface area contributed by atoms with Crippen LogP contribution in [0.3, 0.4) is 0 Å².